The molecule has 0 unspecified atom stereocenters. The van der Waals surface area contributed by atoms with E-state index >= 15 is 0 Å². The molecule has 0 fully saturated rings. The second kappa shape index (κ2) is 3.88. The lowest BCUT2D eigenvalue weighted by atomic mass is 10.4. The van der Waals surface area contributed by atoms with E-state index < -0.39 is 11.9 Å². The highest BCUT2D eigenvalue weighted by Crippen LogP contribution is 1.93. The summed E-state index contributed by atoms with van der Waals surface area (Å²) in [7, 11) is 0. The third kappa shape index (κ3) is 6.94. The second-order valence-corrected chi connectivity index (χ2v) is 1.64. The average Bonchev–Trinajstić information content (AvgIpc) is 1.63. The van der Waals surface area contributed by atoms with Gasteiger partial charge in [0.2, 0.25) is 0 Å². The van der Waals surface area contributed by atoms with Gasteiger partial charge in [0.05, 0.1) is 0 Å². The predicted molar refractivity (Wildman–Crippen MR) is 29.1 cm³/mol. The Bertz CT molecular complexity index is 104. The van der Waals surface area contributed by atoms with Crippen molar-refractivity contribution < 1.29 is 19.8 Å². The maximum absolute atomic E-state index is 9.79. The molecule has 0 radical (unpaired) electrons. The lowest BCUT2D eigenvalue weighted by molar-refractivity contribution is -0.138. The Morgan fingerprint density at radius 2 is 1.33 bits per heavy atom. The van der Waals surface area contributed by atoms with Crippen molar-refractivity contribution in [2.75, 3.05) is 0 Å². The van der Waals surface area contributed by atoms with E-state index in [1.165, 1.54) is 0 Å². The summed E-state index contributed by atoms with van der Waals surface area (Å²) in [5.74, 6) is -1.90. The van der Waals surface area contributed by atoms with E-state index in [9.17, 15) is 9.59 Å². The minimum Gasteiger partial charge on any atom is -0.481 e. The van der Waals surface area contributed by atoms with Gasteiger partial charge in [0.15, 0.2) is 0 Å². The second-order valence-electron chi connectivity index (χ2n) is 1.64. The van der Waals surface area contributed by atoms with Crippen molar-refractivity contribution in [3.8, 4) is 0 Å². The number of carboxylic acid groups (broad SMARTS) is 2. The number of hydrogen-bond acceptors (Lipinski definition) is 2. The van der Waals surface area contributed by atoms with Crippen molar-refractivity contribution in [1.82, 2.24) is 0 Å². The molecule has 52 valence electrons. The molecule has 0 heterocycles. The van der Waals surface area contributed by atoms with Crippen LogP contribution >= 0.6 is 0 Å². The van der Waals surface area contributed by atoms with Gasteiger partial charge < -0.3 is 10.2 Å². The Labute approximate surface area is 52.1 Å². The van der Waals surface area contributed by atoms with Crippen molar-refractivity contribution >= 4 is 11.9 Å². The van der Waals surface area contributed by atoms with E-state index in [-0.39, 0.29) is 19.3 Å². The molecular weight excluding hydrogens is 128 g/mol. The fraction of sp³-hybridized carbons (Fsp3) is 0.600. The molecule has 0 aromatic rings. The first-order valence-electron chi connectivity index (χ1n) is 2.56. The summed E-state index contributed by atoms with van der Waals surface area (Å²) in [5, 5.41) is 16.1. The summed E-state index contributed by atoms with van der Waals surface area (Å²) in [5.41, 5.74) is 0. The SMILES string of the molecule is O=[14C](O)CCC[14C](=O)O. The highest BCUT2D eigenvalue weighted by atomic mass is 16.6. The van der Waals surface area contributed by atoms with E-state index in [1.54, 1.807) is 0 Å². The van der Waals surface area contributed by atoms with Crippen molar-refractivity contribution in [2.24, 2.45) is 0 Å². The van der Waals surface area contributed by atoms with Gasteiger partial charge in [-0.15, -0.1) is 0 Å². The third-order valence-corrected chi connectivity index (χ3v) is 0.781. The van der Waals surface area contributed by atoms with Gasteiger partial charge in [-0.25, -0.2) is 0 Å². The first-order chi connectivity index (χ1) is 4.13. The van der Waals surface area contributed by atoms with E-state index in [0.29, 0.717) is 0 Å². The highest BCUT2D eigenvalue weighted by molar-refractivity contribution is 5.69. The largest absolute Gasteiger partial charge is 0.481 e. The van der Waals surface area contributed by atoms with Crippen LogP contribution in [0.4, 0.5) is 0 Å². The Morgan fingerprint density at radius 1 is 1.00 bits per heavy atom. The van der Waals surface area contributed by atoms with Gasteiger partial charge in [0.25, 0.3) is 0 Å². The summed E-state index contributed by atoms with van der Waals surface area (Å²) in [4.78, 5) is 19.6. The molecule has 4 nitrogen and oxygen atoms in total. The van der Waals surface area contributed by atoms with Crippen molar-refractivity contribution in [1.29, 1.82) is 0 Å². The zero-order chi connectivity index (χ0) is 7.28. The van der Waals surface area contributed by atoms with Crippen LogP contribution < -0.4 is 0 Å². The minimum absolute atomic E-state index is 0.0632. The number of carbonyl (C=O) groups is 2. The fourth-order valence-electron chi connectivity index (χ4n) is 0.391. The quantitative estimate of drug-likeness (QED) is 0.583. The van der Waals surface area contributed by atoms with Gasteiger partial charge in [0, 0.05) is 12.8 Å². The smallest absolute Gasteiger partial charge is 0.303 e. The normalized spacial score (nSPS) is 8.89. The first-order valence-corrected chi connectivity index (χ1v) is 2.56. The number of carboxylic acids is 2. The lowest BCUT2D eigenvalue weighted by Gasteiger charge is -1.89. The molecule has 0 aromatic heterocycles. The van der Waals surface area contributed by atoms with Crippen LogP contribution in [-0.4, -0.2) is 22.2 Å². The molecule has 4 heteroatoms. The molecule has 0 spiro atoms. The van der Waals surface area contributed by atoms with E-state index in [2.05, 4.69) is 0 Å². The van der Waals surface area contributed by atoms with Crippen molar-refractivity contribution in [3.05, 3.63) is 0 Å². The molecule has 0 bridgehead atoms. The van der Waals surface area contributed by atoms with E-state index in [0.717, 1.165) is 0 Å². The minimum atomic E-state index is -0.948. The molecule has 0 saturated heterocycles. The van der Waals surface area contributed by atoms with Gasteiger partial charge in [0.1, 0.15) is 0 Å². The van der Waals surface area contributed by atoms with Gasteiger partial charge in [-0.2, -0.15) is 0 Å². The van der Waals surface area contributed by atoms with Crippen LogP contribution in [-0.2, 0) is 9.59 Å². The zero-order valence-electron chi connectivity index (χ0n) is 4.83. The van der Waals surface area contributed by atoms with Crippen LogP contribution in [0.5, 0.6) is 0 Å². The molecular formula is C5H8O4. The fourth-order valence-corrected chi connectivity index (χ4v) is 0.391. The summed E-state index contributed by atoms with van der Waals surface area (Å²) in [6, 6.07) is 0. The molecule has 0 aliphatic heterocycles. The summed E-state index contributed by atoms with van der Waals surface area (Å²) in [6.45, 7) is 0. The van der Waals surface area contributed by atoms with Gasteiger partial charge in [-0.1, -0.05) is 0 Å². The number of aliphatic carboxylic acids is 2. The molecule has 0 atom stereocenters. The maximum atomic E-state index is 9.79. The number of hydrogen-bond donors (Lipinski definition) is 2. The molecule has 2 N–H and O–H groups in total. The van der Waals surface area contributed by atoms with Gasteiger partial charge in [-0.05, 0) is 6.42 Å². The highest BCUT2D eigenvalue weighted by Gasteiger charge is 1.99. The van der Waals surface area contributed by atoms with Crippen molar-refractivity contribution in [2.45, 2.75) is 19.3 Å². The molecule has 0 amide bonds. The summed E-state index contributed by atoms with van der Waals surface area (Å²) >= 11 is 0. The molecule has 0 aliphatic rings. The maximum Gasteiger partial charge on any atom is 0.303 e. The lowest BCUT2D eigenvalue weighted by Crippen LogP contribution is -1.98. The molecule has 0 rings (SSSR count). The van der Waals surface area contributed by atoms with Crippen LogP contribution in [0.25, 0.3) is 0 Å². The molecule has 0 aliphatic carbocycles. The van der Waals surface area contributed by atoms with Crippen LogP contribution in [0.2, 0.25) is 0 Å². The topological polar surface area (TPSA) is 74.6 Å². The molecule has 0 aromatic carbocycles. The van der Waals surface area contributed by atoms with Gasteiger partial charge in [-0.3, -0.25) is 9.59 Å². The van der Waals surface area contributed by atoms with E-state index in [4.69, 9.17) is 10.2 Å². The molecule has 9 heavy (non-hydrogen) atoms. The van der Waals surface area contributed by atoms with Crippen molar-refractivity contribution in [3.63, 3.8) is 0 Å². The predicted octanol–water partition coefficient (Wildman–Crippen LogP) is 0.326. The Hall–Kier alpha value is -1.06. The monoisotopic (exact) mass is 136 g/mol. The van der Waals surface area contributed by atoms with Crippen LogP contribution in [0.1, 0.15) is 19.3 Å². The summed E-state index contributed by atoms with van der Waals surface area (Å²) < 4.78 is 0. The average molecular weight is 136 g/mol. The van der Waals surface area contributed by atoms with Crippen LogP contribution in [0, 0.1) is 0 Å². The number of rotatable bonds is 4. The summed E-state index contributed by atoms with van der Waals surface area (Å²) in [6.07, 6.45) is 0.0866. The van der Waals surface area contributed by atoms with Gasteiger partial charge >= 0.3 is 11.9 Å². The van der Waals surface area contributed by atoms with E-state index in [1.807, 2.05) is 0 Å². The Balaban J connectivity index is 3.10. The first kappa shape index (κ1) is 7.94. The standard InChI is InChI=1S/C5H8O4/c6-4(7)2-1-3-5(8)9/h1-3H2,(H,6,7)(H,8,9)/i4+2,5+2. The van der Waals surface area contributed by atoms with Crippen LogP contribution in [0.3, 0.4) is 0 Å². The third-order valence-electron chi connectivity index (χ3n) is 0.781. The Morgan fingerprint density at radius 3 is 1.56 bits per heavy atom. The zero-order valence-corrected chi connectivity index (χ0v) is 4.83. The molecule has 0 saturated carbocycles. The van der Waals surface area contributed by atoms with Crippen LogP contribution in [0.15, 0.2) is 0 Å². The Kier molecular flexibility index (Phi) is 3.43.